The fourth-order valence-corrected chi connectivity index (χ4v) is 7.20. The minimum atomic E-state index is -3.30. The summed E-state index contributed by atoms with van der Waals surface area (Å²) in [6.07, 6.45) is 8.57. The van der Waals surface area contributed by atoms with Gasteiger partial charge < -0.3 is 0 Å². The van der Waals surface area contributed by atoms with Crippen molar-refractivity contribution >= 4 is 10.1 Å². The molecular formula is C15H22O3S. The first-order valence-corrected chi connectivity index (χ1v) is 9.22. The van der Waals surface area contributed by atoms with E-state index in [-0.39, 0.29) is 12.4 Å². The van der Waals surface area contributed by atoms with Crippen molar-refractivity contribution in [3.63, 3.8) is 0 Å². The van der Waals surface area contributed by atoms with Gasteiger partial charge in [-0.15, -0.1) is 0 Å². The summed E-state index contributed by atoms with van der Waals surface area (Å²) in [6.45, 7) is 2.01. The third-order valence-electron chi connectivity index (χ3n) is 6.12. The average molecular weight is 282 g/mol. The highest BCUT2D eigenvalue weighted by Gasteiger charge is 2.61. The molecule has 19 heavy (non-hydrogen) atoms. The maximum atomic E-state index is 11.9. The number of rotatable bonds is 4. The zero-order chi connectivity index (χ0) is 13.2. The van der Waals surface area contributed by atoms with E-state index in [2.05, 4.69) is 12.2 Å². The number of hydrogen-bond donors (Lipinski definition) is 0. The van der Waals surface area contributed by atoms with Gasteiger partial charge in [0, 0.05) is 0 Å². The lowest BCUT2D eigenvalue weighted by Crippen LogP contribution is -2.34. The molecule has 0 aliphatic heterocycles. The van der Waals surface area contributed by atoms with Gasteiger partial charge in [-0.2, -0.15) is 8.42 Å². The molecule has 0 spiro atoms. The Morgan fingerprint density at radius 1 is 1.11 bits per heavy atom. The van der Waals surface area contributed by atoms with Crippen LogP contribution in [0.2, 0.25) is 0 Å². The Balaban J connectivity index is 1.52. The van der Waals surface area contributed by atoms with Gasteiger partial charge in [0.05, 0.1) is 12.4 Å². The predicted molar refractivity (Wildman–Crippen MR) is 72.8 cm³/mol. The van der Waals surface area contributed by atoms with Crippen LogP contribution < -0.4 is 0 Å². The van der Waals surface area contributed by atoms with Crippen LogP contribution in [-0.2, 0) is 14.3 Å². The normalized spacial score (nSPS) is 50.1. The first-order valence-electron chi connectivity index (χ1n) is 7.64. The molecule has 3 nitrogen and oxygen atoms in total. The van der Waals surface area contributed by atoms with Crippen LogP contribution in [0.3, 0.4) is 0 Å². The van der Waals surface area contributed by atoms with E-state index in [1.54, 1.807) is 6.92 Å². The van der Waals surface area contributed by atoms with Gasteiger partial charge in [-0.05, 0) is 67.6 Å². The van der Waals surface area contributed by atoms with Crippen molar-refractivity contribution in [1.29, 1.82) is 0 Å². The molecule has 4 aliphatic carbocycles. The Kier molecular flexibility index (Phi) is 2.66. The molecule has 3 fully saturated rings. The molecular weight excluding hydrogens is 260 g/mol. The Hall–Kier alpha value is -0.350. The Morgan fingerprint density at radius 3 is 2.58 bits per heavy atom. The topological polar surface area (TPSA) is 43.4 Å². The van der Waals surface area contributed by atoms with Crippen LogP contribution in [-0.4, -0.2) is 20.8 Å². The molecule has 106 valence electrons. The first-order chi connectivity index (χ1) is 9.09. The third kappa shape index (κ3) is 1.75. The van der Waals surface area contributed by atoms with E-state index in [0.29, 0.717) is 11.8 Å². The fraction of sp³-hybridized carbons (Fsp3) is 0.867. The maximum absolute atomic E-state index is 11.9. The number of hydrogen-bond acceptors (Lipinski definition) is 3. The summed E-state index contributed by atoms with van der Waals surface area (Å²) >= 11 is 0. The molecule has 0 aromatic heterocycles. The summed E-state index contributed by atoms with van der Waals surface area (Å²) in [7, 11) is -3.30. The van der Waals surface area contributed by atoms with Crippen molar-refractivity contribution in [2.24, 2.45) is 41.4 Å². The van der Waals surface area contributed by atoms with Crippen molar-refractivity contribution in [2.45, 2.75) is 26.2 Å². The molecule has 0 amide bonds. The van der Waals surface area contributed by atoms with Gasteiger partial charge in [0.25, 0.3) is 10.1 Å². The van der Waals surface area contributed by atoms with Crippen LogP contribution in [0.25, 0.3) is 0 Å². The standard InChI is InChI=1S/C15H22O3S/c1-2-18-19(16,17)8-12-6-11-7-13(12)15-10-4-3-9(5-10)14(11)15/h3-4,9-15H,2,5-8H2,1H3. The summed E-state index contributed by atoms with van der Waals surface area (Å²) < 4.78 is 28.7. The molecule has 0 heterocycles. The van der Waals surface area contributed by atoms with Crippen molar-refractivity contribution in [3.05, 3.63) is 12.2 Å². The number of allylic oxidation sites excluding steroid dienone is 2. The molecule has 0 radical (unpaired) electrons. The van der Waals surface area contributed by atoms with Crippen LogP contribution in [0, 0.1) is 41.4 Å². The van der Waals surface area contributed by atoms with Crippen LogP contribution in [0.1, 0.15) is 26.2 Å². The molecule has 0 aromatic carbocycles. The second kappa shape index (κ2) is 4.08. The second-order valence-electron chi connectivity index (χ2n) is 6.89. The van der Waals surface area contributed by atoms with E-state index in [4.69, 9.17) is 4.18 Å². The Bertz CT molecular complexity index is 509. The molecule has 4 heteroatoms. The largest absolute Gasteiger partial charge is 0.270 e. The highest BCUT2D eigenvalue weighted by atomic mass is 32.2. The number of fused-ring (bicyclic) bond motifs is 9. The fourth-order valence-electron chi connectivity index (χ4n) is 5.83. The van der Waals surface area contributed by atoms with E-state index in [9.17, 15) is 8.42 Å². The van der Waals surface area contributed by atoms with Gasteiger partial charge in [-0.25, -0.2) is 0 Å². The summed E-state index contributed by atoms with van der Waals surface area (Å²) in [5.41, 5.74) is 0. The van der Waals surface area contributed by atoms with E-state index >= 15 is 0 Å². The molecule has 7 atom stereocenters. The van der Waals surface area contributed by atoms with Crippen LogP contribution in [0.4, 0.5) is 0 Å². The van der Waals surface area contributed by atoms with Crippen LogP contribution in [0.15, 0.2) is 12.2 Å². The Labute approximate surface area is 115 Å². The highest BCUT2D eigenvalue weighted by Crippen LogP contribution is 2.67. The first kappa shape index (κ1) is 12.4. The molecule has 7 unspecified atom stereocenters. The van der Waals surface area contributed by atoms with Crippen LogP contribution in [0.5, 0.6) is 0 Å². The summed E-state index contributed by atoms with van der Waals surface area (Å²) in [5, 5.41) is 0. The molecule has 4 rings (SSSR count). The lowest BCUT2D eigenvalue weighted by atomic mass is 9.70. The predicted octanol–water partition coefficient (Wildman–Crippen LogP) is 2.45. The van der Waals surface area contributed by atoms with Gasteiger partial charge in [0.2, 0.25) is 0 Å². The van der Waals surface area contributed by atoms with E-state index in [0.717, 1.165) is 36.0 Å². The lowest BCUT2D eigenvalue weighted by molar-refractivity contribution is 0.159. The molecule has 0 N–H and O–H groups in total. The highest BCUT2D eigenvalue weighted by molar-refractivity contribution is 7.86. The van der Waals surface area contributed by atoms with Crippen LogP contribution >= 0.6 is 0 Å². The van der Waals surface area contributed by atoms with Crippen molar-refractivity contribution in [3.8, 4) is 0 Å². The molecule has 3 saturated carbocycles. The van der Waals surface area contributed by atoms with Crippen molar-refractivity contribution < 1.29 is 12.6 Å². The summed E-state index contributed by atoms with van der Waals surface area (Å²) in [4.78, 5) is 0. The van der Waals surface area contributed by atoms with E-state index < -0.39 is 10.1 Å². The quantitative estimate of drug-likeness (QED) is 0.452. The smallest absolute Gasteiger partial charge is 0.267 e. The summed E-state index contributed by atoms with van der Waals surface area (Å²) in [6, 6.07) is 0. The van der Waals surface area contributed by atoms with Gasteiger partial charge in [-0.3, -0.25) is 4.18 Å². The average Bonchev–Trinajstić information content (AvgIpc) is 3.05. The monoisotopic (exact) mass is 282 g/mol. The molecule has 0 aromatic rings. The zero-order valence-corrected chi connectivity index (χ0v) is 12.2. The molecule has 4 aliphatic rings. The lowest BCUT2D eigenvalue weighted by Gasteiger charge is -2.36. The van der Waals surface area contributed by atoms with Crippen molar-refractivity contribution in [2.75, 3.05) is 12.4 Å². The van der Waals surface area contributed by atoms with E-state index in [1.165, 1.54) is 12.8 Å². The van der Waals surface area contributed by atoms with Crippen molar-refractivity contribution in [1.82, 2.24) is 0 Å². The Morgan fingerprint density at radius 2 is 1.84 bits per heavy atom. The maximum Gasteiger partial charge on any atom is 0.267 e. The SMILES string of the molecule is CCOS(=O)(=O)CC1CC2CC1C1C3C=CC(C3)C21. The van der Waals surface area contributed by atoms with Gasteiger partial charge in [0.1, 0.15) is 0 Å². The second-order valence-corrected chi connectivity index (χ2v) is 8.57. The molecule has 0 saturated heterocycles. The minimum Gasteiger partial charge on any atom is -0.270 e. The third-order valence-corrected chi connectivity index (χ3v) is 7.55. The van der Waals surface area contributed by atoms with Gasteiger partial charge in [-0.1, -0.05) is 12.2 Å². The molecule has 4 bridgehead atoms. The van der Waals surface area contributed by atoms with E-state index in [1.807, 2.05) is 0 Å². The minimum absolute atomic E-state index is 0.256. The summed E-state index contributed by atoms with van der Waals surface area (Å²) in [5.74, 6) is 5.28. The zero-order valence-electron chi connectivity index (χ0n) is 11.4. The van der Waals surface area contributed by atoms with Gasteiger partial charge in [0.15, 0.2) is 0 Å². The van der Waals surface area contributed by atoms with Gasteiger partial charge >= 0.3 is 0 Å².